The fourth-order valence-corrected chi connectivity index (χ4v) is 2.83. The summed E-state index contributed by atoms with van der Waals surface area (Å²) in [6.45, 7) is 3.58. The number of carbonyl (C=O) groups excluding carboxylic acids is 1. The number of ether oxygens (including phenoxy) is 1. The van der Waals surface area contributed by atoms with Crippen LogP contribution < -0.4 is 4.74 Å². The highest BCUT2D eigenvalue weighted by atomic mass is 16.5. The lowest BCUT2D eigenvalue weighted by molar-refractivity contribution is 0.0663. The van der Waals surface area contributed by atoms with Crippen LogP contribution in [0, 0.1) is 11.3 Å². The second kappa shape index (κ2) is 7.82. The first-order valence-corrected chi connectivity index (χ1v) is 8.36. The Morgan fingerprint density at radius 1 is 1.12 bits per heavy atom. The van der Waals surface area contributed by atoms with E-state index in [2.05, 4.69) is 18.0 Å². The summed E-state index contributed by atoms with van der Waals surface area (Å²) in [6.07, 6.45) is 0. The predicted octanol–water partition coefficient (Wildman–Crippen LogP) is 2.52. The molecule has 0 radical (unpaired) electrons. The first-order chi connectivity index (χ1) is 12.2. The van der Waals surface area contributed by atoms with Crippen LogP contribution in [0.25, 0.3) is 0 Å². The fourth-order valence-electron chi connectivity index (χ4n) is 2.83. The molecule has 2 aromatic rings. The molecule has 0 saturated carbocycles. The van der Waals surface area contributed by atoms with Gasteiger partial charge in [0, 0.05) is 37.3 Å². The standard InChI is InChI=1S/C20H21N3O2/c1-22-9-11-23(12-10-22)20(24)16-7-4-8-19(13-16)25-15-18-6-3-2-5-17(18)14-21/h2-8,13H,9-12,15H2,1H3. The molecule has 1 saturated heterocycles. The third-order valence-corrected chi connectivity index (χ3v) is 4.40. The average molecular weight is 335 g/mol. The molecule has 0 aliphatic carbocycles. The van der Waals surface area contributed by atoms with E-state index in [0.717, 1.165) is 31.7 Å². The predicted molar refractivity (Wildman–Crippen MR) is 95.3 cm³/mol. The Kier molecular flexibility index (Phi) is 5.32. The second-order valence-corrected chi connectivity index (χ2v) is 6.18. The van der Waals surface area contributed by atoms with Crippen LogP contribution in [0.5, 0.6) is 5.75 Å². The molecule has 0 N–H and O–H groups in total. The molecule has 0 atom stereocenters. The van der Waals surface area contributed by atoms with Crippen molar-refractivity contribution in [3.05, 3.63) is 65.2 Å². The van der Waals surface area contributed by atoms with Crippen LogP contribution in [0.4, 0.5) is 0 Å². The lowest BCUT2D eigenvalue weighted by Crippen LogP contribution is -2.47. The van der Waals surface area contributed by atoms with Gasteiger partial charge in [-0.2, -0.15) is 5.26 Å². The summed E-state index contributed by atoms with van der Waals surface area (Å²) in [7, 11) is 2.06. The van der Waals surface area contributed by atoms with Crippen LogP contribution in [-0.4, -0.2) is 48.9 Å². The molecule has 0 bridgehead atoms. The van der Waals surface area contributed by atoms with Crippen LogP contribution in [0.1, 0.15) is 21.5 Å². The van der Waals surface area contributed by atoms with Gasteiger partial charge in [0.1, 0.15) is 12.4 Å². The molecule has 0 aromatic heterocycles. The first-order valence-electron chi connectivity index (χ1n) is 8.36. The Hall–Kier alpha value is -2.84. The average Bonchev–Trinajstić information content (AvgIpc) is 2.67. The number of carbonyl (C=O) groups is 1. The number of hydrogen-bond acceptors (Lipinski definition) is 4. The van der Waals surface area contributed by atoms with Crippen LogP contribution >= 0.6 is 0 Å². The van der Waals surface area contributed by atoms with Gasteiger partial charge in [-0.1, -0.05) is 24.3 Å². The van der Waals surface area contributed by atoms with Crippen molar-refractivity contribution in [2.24, 2.45) is 0 Å². The molecule has 1 fully saturated rings. The number of benzene rings is 2. The van der Waals surface area contributed by atoms with Crippen LogP contribution in [-0.2, 0) is 6.61 Å². The minimum absolute atomic E-state index is 0.0379. The van der Waals surface area contributed by atoms with Gasteiger partial charge >= 0.3 is 0 Å². The molecule has 5 heteroatoms. The van der Waals surface area contributed by atoms with Gasteiger partial charge in [0.2, 0.25) is 0 Å². The van der Waals surface area contributed by atoms with Crippen molar-refractivity contribution in [3.8, 4) is 11.8 Å². The van der Waals surface area contributed by atoms with E-state index in [0.29, 0.717) is 23.5 Å². The molecule has 1 heterocycles. The molecule has 5 nitrogen and oxygen atoms in total. The van der Waals surface area contributed by atoms with E-state index in [9.17, 15) is 4.79 Å². The normalized spacial score (nSPS) is 14.8. The molecule has 1 aliphatic heterocycles. The zero-order valence-electron chi connectivity index (χ0n) is 14.3. The molecular weight excluding hydrogens is 314 g/mol. The highest BCUT2D eigenvalue weighted by Gasteiger charge is 2.20. The van der Waals surface area contributed by atoms with Gasteiger partial charge < -0.3 is 14.5 Å². The lowest BCUT2D eigenvalue weighted by Gasteiger charge is -2.32. The third-order valence-electron chi connectivity index (χ3n) is 4.40. The maximum Gasteiger partial charge on any atom is 0.254 e. The monoisotopic (exact) mass is 335 g/mol. The van der Waals surface area contributed by atoms with Crippen molar-refractivity contribution in [3.63, 3.8) is 0 Å². The summed E-state index contributed by atoms with van der Waals surface area (Å²) in [5.41, 5.74) is 2.07. The maximum atomic E-state index is 12.6. The molecular formula is C20H21N3O2. The molecule has 1 aliphatic rings. The first kappa shape index (κ1) is 17.0. The van der Waals surface area contributed by atoms with Crippen molar-refractivity contribution < 1.29 is 9.53 Å². The third kappa shape index (κ3) is 4.17. The van der Waals surface area contributed by atoms with Crippen molar-refractivity contribution >= 4 is 5.91 Å². The van der Waals surface area contributed by atoms with E-state index >= 15 is 0 Å². The molecule has 1 amide bonds. The van der Waals surface area contributed by atoms with Gasteiger partial charge in [-0.3, -0.25) is 4.79 Å². The zero-order valence-corrected chi connectivity index (χ0v) is 14.3. The summed E-state index contributed by atoms with van der Waals surface area (Å²) >= 11 is 0. The summed E-state index contributed by atoms with van der Waals surface area (Å²) in [5.74, 6) is 0.670. The van der Waals surface area contributed by atoms with E-state index in [-0.39, 0.29) is 5.91 Å². The van der Waals surface area contributed by atoms with Gasteiger partial charge in [0.25, 0.3) is 5.91 Å². The second-order valence-electron chi connectivity index (χ2n) is 6.18. The van der Waals surface area contributed by atoms with Gasteiger partial charge in [-0.05, 0) is 31.3 Å². The number of amides is 1. The minimum Gasteiger partial charge on any atom is -0.489 e. The molecule has 0 unspecified atom stereocenters. The van der Waals surface area contributed by atoms with Gasteiger partial charge in [0.05, 0.1) is 11.6 Å². The Balaban J connectivity index is 1.67. The van der Waals surface area contributed by atoms with E-state index in [1.165, 1.54) is 0 Å². The van der Waals surface area contributed by atoms with Crippen molar-refractivity contribution in [2.75, 3.05) is 33.2 Å². The van der Waals surface area contributed by atoms with Gasteiger partial charge in [0.15, 0.2) is 0 Å². The van der Waals surface area contributed by atoms with E-state index in [1.807, 2.05) is 41.3 Å². The smallest absolute Gasteiger partial charge is 0.254 e. The number of nitriles is 1. The van der Waals surface area contributed by atoms with Crippen molar-refractivity contribution in [2.45, 2.75) is 6.61 Å². The van der Waals surface area contributed by atoms with E-state index in [1.54, 1.807) is 12.1 Å². The van der Waals surface area contributed by atoms with E-state index < -0.39 is 0 Å². The number of piperazine rings is 1. The number of likely N-dealkylation sites (N-methyl/N-ethyl adjacent to an activating group) is 1. The number of nitrogens with zero attached hydrogens (tertiary/aromatic N) is 3. The molecule has 0 spiro atoms. The van der Waals surface area contributed by atoms with Gasteiger partial charge in [-0.25, -0.2) is 0 Å². The maximum absolute atomic E-state index is 12.6. The van der Waals surface area contributed by atoms with Crippen molar-refractivity contribution in [1.29, 1.82) is 5.26 Å². The highest BCUT2D eigenvalue weighted by Crippen LogP contribution is 2.18. The SMILES string of the molecule is CN1CCN(C(=O)c2cccc(OCc3ccccc3C#N)c2)CC1. The summed E-state index contributed by atoms with van der Waals surface area (Å²) in [4.78, 5) is 16.7. The summed E-state index contributed by atoms with van der Waals surface area (Å²) in [6, 6.07) is 16.8. The Morgan fingerprint density at radius 2 is 1.88 bits per heavy atom. The molecule has 128 valence electrons. The number of hydrogen-bond donors (Lipinski definition) is 0. The van der Waals surface area contributed by atoms with Gasteiger partial charge in [-0.15, -0.1) is 0 Å². The minimum atomic E-state index is 0.0379. The molecule has 25 heavy (non-hydrogen) atoms. The highest BCUT2D eigenvalue weighted by molar-refractivity contribution is 5.94. The Bertz CT molecular complexity index is 790. The topological polar surface area (TPSA) is 56.6 Å². The fraction of sp³-hybridized carbons (Fsp3) is 0.300. The Morgan fingerprint density at radius 3 is 2.64 bits per heavy atom. The van der Waals surface area contributed by atoms with Crippen LogP contribution in [0.2, 0.25) is 0 Å². The van der Waals surface area contributed by atoms with Crippen molar-refractivity contribution in [1.82, 2.24) is 9.80 Å². The van der Waals surface area contributed by atoms with Crippen LogP contribution in [0.3, 0.4) is 0 Å². The lowest BCUT2D eigenvalue weighted by atomic mass is 10.1. The largest absolute Gasteiger partial charge is 0.489 e. The molecule has 3 rings (SSSR count). The summed E-state index contributed by atoms with van der Waals surface area (Å²) in [5, 5.41) is 9.14. The van der Waals surface area contributed by atoms with E-state index in [4.69, 9.17) is 10.00 Å². The number of rotatable bonds is 4. The zero-order chi connectivity index (χ0) is 17.6. The molecule has 2 aromatic carbocycles. The summed E-state index contributed by atoms with van der Waals surface area (Å²) < 4.78 is 5.80. The quantitative estimate of drug-likeness (QED) is 0.861. The van der Waals surface area contributed by atoms with Crippen LogP contribution in [0.15, 0.2) is 48.5 Å². The Labute approximate surface area is 148 Å².